The van der Waals surface area contributed by atoms with Crippen molar-refractivity contribution in [3.63, 3.8) is 0 Å². The molecule has 0 radical (unpaired) electrons. The van der Waals surface area contributed by atoms with E-state index in [0.717, 1.165) is 25.0 Å². The van der Waals surface area contributed by atoms with Crippen molar-refractivity contribution < 1.29 is 13.2 Å². The highest BCUT2D eigenvalue weighted by Gasteiger charge is 2.25. The van der Waals surface area contributed by atoms with Gasteiger partial charge in [-0.15, -0.1) is 0 Å². The van der Waals surface area contributed by atoms with Crippen molar-refractivity contribution in [2.75, 3.05) is 0 Å². The van der Waals surface area contributed by atoms with Gasteiger partial charge >= 0.3 is 0 Å². The Labute approximate surface area is 88.1 Å². The van der Waals surface area contributed by atoms with Gasteiger partial charge in [-0.25, -0.2) is 13.2 Å². The molecule has 0 atom stereocenters. The highest BCUT2D eigenvalue weighted by atomic mass is 19.2. The summed E-state index contributed by atoms with van der Waals surface area (Å²) in [4.78, 5) is 0. The zero-order valence-electron chi connectivity index (χ0n) is 9.20. The van der Waals surface area contributed by atoms with Gasteiger partial charge in [0.1, 0.15) is 0 Å². The second kappa shape index (κ2) is 4.25. The molecule has 0 unspecified atom stereocenters. The summed E-state index contributed by atoms with van der Waals surface area (Å²) in [5, 5.41) is 0. The van der Waals surface area contributed by atoms with Gasteiger partial charge in [-0.05, 0) is 36.0 Å². The molecule has 0 aliphatic heterocycles. The Kier molecular flexibility index (Phi) is 3.42. The summed E-state index contributed by atoms with van der Waals surface area (Å²) >= 11 is 0. The molecule has 0 bridgehead atoms. The molecule has 0 saturated heterocycles. The zero-order valence-corrected chi connectivity index (χ0v) is 9.20. The first-order valence-electron chi connectivity index (χ1n) is 5.09. The molecule has 0 N–H and O–H groups in total. The van der Waals surface area contributed by atoms with Crippen LogP contribution < -0.4 is 0 Å². The fraction of sp³-hybridized carbons (Fsp3) is 0.500. The molecule has 1 rings (SSSR count). The molecule has 84 valence electrons. The number of hydrogen-bond acceptors (Lipinski definition) is 0. The normalized spacial score (nSPS) is 11.9. The minimum Gasteiger partial charge on any atom is -0.204 e. The first-order valence-corrected chi connectivity index (χ1v) is 5.09. The zero-order chi connectivity index (χ0) is 11.6. The van der Waals surface area contributed by atoms with Crippen LogP contribution in [0.4, 0.5) is 13.2 Å². The minimum absolute atomic E-state index is 0.296. The fourth-order valence-corrected chi connectivity index (χ4v) is 1.56. The first-order chi connectivity index (χ1) is 6.94. The molecule has 0 heterocycles. The highest BCUT2D eigenvalue weighted by Crippen LogP contribution is 2.32. The largest absolute Gasteiger partial charge is 0.204 e. The fourth-order valence-electron chi connectivity index (χ4n) is 1.56. The Morgan fingerprint density at radius 1 is 1.00 bits per heavy atom. The van der Waals surface area contributed by atoms with E-state index in [9.17, 15) is 13.2 Å². The van der Waals surface area contributed by atoms with Gasteiger partial charge in [0.15, 0.2) is 17.5 Å². The van der Waals surface area contributed by atoms with Crippen molar-refractivity contribution >= 4 is 0 Å². The minimum atomic E-state index is -1.40. The van der Waals surface area contributed by atoms with Crippen LogP contribution in [0.3, 0.4) is 0 Å². The number of benzene rings is 1. The van der Waals surface area contributed by atoms with Crippen molar-refractivity contribution in [3.05, 3.63) is 35.1 Å². The molecule has 15 heavy (non-hydrogen) atoms. The monoisotopic (exact) mass is 216 g/mol. The van der Waals surface area contributed by atoms with Gasteiger partial charge in [0.05, 0.1) is 0 Å². The van der Waals surface area contributed by atoms with Gasteiger partial charge < -0.3 is 0 Å². The van der Waals surface area contributed by atoms with E-state index >= 15 is 0 Å². The summed E-state index contributed by atoms with van der Waals surface area (Å²) in [6.45, 7) is 5.81. The van der Waals surface area contributed by atoms with Gasteiger partial charge in [-0.2, -0.15) is 0 Å². The van der Waals surface area contributed by atoms with E-state index in [0.29, 0.717) is 5.56 Å². The third-order valence-corrected chi connectivity index (χ3v) is 3.24. The van der Waals surface area contributed by atoms with Crippen molar-refractivity contribution in [1.29, 1.82) is 0 Å². The molecule has 0 amide bonds. The molecular weight excluding hydrogens is 201 g/mol. The van der Waals surface area contributed by atoms with Gasteiger partial charge in [0.25, 0.3) is 0 Å². The molecule has 0 nitrogen and oxygen atoms in total. The maximum Gasteiger partial charge on any atom is 0.194 e. The molecule has 0 spiro atoms. The molecule has 3 heteroatoms. The van der Waals surface area contributed by atoms with Gasteiger partial charge in [-0.1, -0.05) is 20.8 Å². The van der Waals surface area contributed by atoms with Crippen LogP contribution in [0.1, 0.15) is 39.2 Å². The van der Waals surface area contributed by atoms with Gasteiger partial charge in [0.2, 0.25) is 0 Å². The molecule has 0 aliphatic rings. The van der Waals surface area contributed by atoms with Crippen LogP contribution in [0, 0.1) is 17.5 Å². The van der Waals surface area contributed by atoms with Crippen LogP contribution in [0.15, 0.2) is 12.1 Å². The molecule has 1 aromatic carbocycles. The molecule has 0 aromatic heterocycles. The van der Waals surface area contributed by atoms with Crippen molar-refractivity contribution in [2.45, 2.75) is 39.0 Å². The van der Waals surface area contributed by atoms with Crippen LogP contribution in [-0.4, -0.2) is 0 Å². The number of hydrogen-bond donors (Lipinski definition) is 0. The molecule has 0 fully saturated rings. The maximum absolute atomic E-state index is 13.0. The standard InChI is InChI=1S/C12H15F3/c1-4-12(3,5-2)8-6-9(13)11(15)10(14)7-8/h6-7H,4-5H2,1-3H3. The lowest BCUT2D eigenvalue weighted by Gasteiger charge is -2.27. The van der Waals surface area contributed by atoms with E-state index < -0.39 is 17.5 Å². The number of halogens is 3. The lowest BCUT2D eigenvalue weighted by molar-refractivity contribution is 0.411. The predicted molar refractivity (Wildman–Crippen MR) is 54.3 cm³/mol. The predicted octanol–water partition coefficient (Wildman–Crippen LogP) is 4.18. The highest BCUT2D eigenvalue weighted by molar-refractivity contribution is 5.26. The lowest BCUT2D eigenvalue weighted by atomic mass is 9.78. The summed E-state index contributed by atoms with van der Waals surface area (Å²) < 4.78 is 38.8. The van der Waals surface area contributed by atoms with E-state index in [-0.39, 0.29) is 5.41 Å². The van der Waals surface area contributed by atoms with E-state index in [1.54, 1.807) is 0 Å². The third-order valence-electron chi connectivity index (χ3n) is 3.24. The first kappa shape index (κ1) is 12.1. The van der Waals surface area contributed by atoms with E-state index in [1.807, 2.05) is 20.8 Å². The van der Waals surface area contributed by atoms with E-state index in [4.69, 9.17) is 0 Å². The SMILES string of the molecule is CCC(C)(CC)c1cc(F)c(F)c(F)c1. The number of rotatable bonds is 3. The summed E-state index contributed by atoms with van der Waals surface area (Å²) in [6.07, 6.45) is 1.52. The van der Waals surface area contributed by atoms with Gasteiger partial charge in [-0.3, -0.25) is 0 Å². The van der Waals surface area contributed by atoms with Crippen molar-refractivity contribution in [1.82, 2.24) is 0 Å². The molecule has 0 saturated carbocycles. The van der Waals surface area contributed by atoms with Crippen LogP contribution in [0.5, 0.6) is 0 Å². The van der Waals surface area contributed by atoms with Crippen LogP contribution in [-0.2, 0) is 5.41 Å². The van der Waals surface area contributed by atoms with Crippen molar-refractivity contribution in [2.24, 2.45) is 0 Å². The van der Waals surface area contributed by atoms with Crippen molar-refractivity contribution in [3.8, 4) is 0 Å². The molecular formula is C12H15F3. The average Bonchev–Trinajstić information content (AvgIpc) is 2.24. The third kappa shape index (κ3) is 2.16. The Morgan fingerprint density at radius 3 is 1.73 bits per heavy atom. The topological polar surface area (TPSA) is 0 Å². The lowest BCUT2D eigenvalue weighted by Crippen LogP contribution is -2.20. The Morgan fingerprint density at radius 2 is 1.40 bits per heavy atom. The smallest absolute Gasteiger partial charge is 0.194 e. The summed E-state index contributed by atoms with van der Waals surface area (Å²) in [7, 11) is 0. The summed E-state index contributed by atoms with van der Waals surface area (Å²) in [5.74, 6) is -3.62. The average molecular weight is 216 g/mol. The van der Waals surface area contributed by atoms with Crippen LogP contribution in [0.25, 0.3) is 0 Å². The van der Waals surface area contributed by atoms with Crippen LogP contribution in [0.2, 0.25) is 0 Å². The Bertz CT molecular complexity index is 331. The quantitative estimate of drug-likeness (QED) is 0.665. The molecule has 1 aromatic rings. The van der Waals surface area contributed by atoms with E-state index in [1.165, 1.54) is 0 Å². The Hall–Kier alpha value is -0.990. The van der Waals surface area contributed by atoms with Crippen LogP contribution >= 0.6 is 0 Å². The second-order valence-corrected chi connectivity index (χ2v) is 4.02. The van der Waals surface area contributed by atoms with Gasteiger partial charge in [0, 0.05) is 0 Å². The Balaban J connectivity index is 3.27. The second-order valence-electron chi connectivity index (χ2n) is 4.02. The molecule has 0 aliphatic carbocycles. The maximum atomic E-state index is 13.0. The summed E-state index contributed by atoms with van der Waals surface area (Å²) in [5.41, 5.74) is 0.221. The van der Waals surface area contributed by atoms with E-state index in [2.05, 4.69) is 0 Å². The summed E-state index contributed by atoms with van der Waals surface area (Å²) in [6, 6.07) is 2.18.